The van der Waals surface area contributed by atoms with Gasteiger partial charge in [-0.05, 0) is 6.07 Å². The van der Waals surface area contributed by atoms with Crippen molar-refractivity contribution in [1.29, 1.82) is 0 Å². The zero-order chi connectivity index (χ0) is 22.0. The number of amides is 1. The van der Waals surface area contributed by atoms with E-state index in [1.54, 1.807) is 0 Å². The summed E-state index contributed by atoms with van der Waals surface area (Å²) in [6, 6.07) is 5.28. The van der Waals surface area contributed by atoms with Gasteiger partial charge in [-0.3, -0.25) is 33.6 Å². The summed E-state index contributed by atoms with van der Waals surface area (Å²) in [4.78, 5) is 62.4. The molecule has 0 aliphatic carbocycles. The average Bonchev–Trinajstić information content (AvgIpc) is 3.13. The number of anilines is 1. The predicted molar refractivity (Wildman–Crippen MR) is 103 cm³/mol. The SMILES string of the molecule is Cn1c(=O)c2c(ncn2CC(=O)OCC(=O)Nc2cccc([N+](=O)[O-])c2)n(C)c1=O. The number of hydrogen-bond donors (Lipinski definition) is 1. The maximum atomic E-state index is 12.3. The lowest BCUT2D eigenvalue weighted by atomic mass is 10.3. The van der Waals surface area contributed by atoms with Crippen molar-refractivity contribution in [1.82, 2.24) is 18.7 Å². The molecule has 0 saturated heterocycles. The van der Waals surface area contributed by atoms with Crippen LogP contribution in [-0.4, -0.2) is 42.1 Å². The third-order valence-electron chi connectivity index (χ3n) is 4.22. The number of imidazole rings is 1. The van der Waals surface area contributed by atoms with E-state index in [-0.39, 0.29) is 22.5 Å². The summed E-state index contributed by atoms with van der Waals surface area (Å²) in [5.41, 5.74) is -1.06. The molecule has 13 nitrogen and oxygen atoms in total. The molecule has 0 aliphatic heterocycles. The third-order valence-corrected chi connectivity index (χ3v) is 4.22. The largest absolute Gasteiger partial charge is 0.454 e. The number of esters is 1. The number of ether oxygens (including phenoxy) is 1. The Morgan fingerprint density at radius 1 is 1.23 bits per heavy atom. The molecule has 0 bridgehead atoms. The molecule has 0 fully saturated rings. The minimum atomic E-state index is -0.820. The number of rotatable bonds is 6. The standard InChI is InChI=1S/C17H16N6O7/c1-20-15-14(16(26)21(2)17(20)27)22(9-18-15)7-13(25)30-8-12(24)19-10-4-3-5-11(6-10)23(28)29/h3-6,9H,7-8H2,1-2H3,(H,19,24). The van der Waals surface area contributed by atoms with Gasteiger partial charge in [-0.1, -0.05) is 6.07 Å². The highest BCUT2D eigenvalue weighted by Crippen LogP contribution is 2.16. The number of non-ortho nitro benzene ring substituents is 1. The maximum absolute atomic E-state index is 12.3. The van der Waals surface area contributed by atoms with E-state index in [1.807, 2.05) is 0 Å². The van der Waals surface area contributed by atoms with Crippen molar-refractivity contribution < 1.29 is 19.2 Å². The van der Waals surface area contributed by atoms with Crippen molar-refractivity contribution in [2.45, 2.75) is 6.54 Å². The van der Waals surface area contributed by atoms with Crippen LogP contribution in [0.3, 0.4) is 0 Å². The quantitative estimate of drug-likeness (QED) is 0.320. The van der Waals surface area contributed by atoms with E-state index in [2.05, 4.69) is 10.3 Å². The van der Waals surface area contributed by atoms with Gasteiger partial charge in [0, 0.05) is 31.9 Å². The second-order valence-corrected chi connectivity index (χ2v) is 6.27. The number of aryl methyl sites for hydroxylation is 1. The van der Waals surface area contributed by atoms with E-state index in [0.717, 1.165) is 10.6 Å². The summed E-state index contributed by atoms with van der Waals surface area (Å²) >= 11 is 0. The summed E-state index contributed by atoms with van der Waals surface area (Å²) < 4.78 is 8.17. The van der Waals surface area contributed by atoms with E-state index in [9.17, 15) is 29.3 Å². The molecule has 1 amide bonds. The first kappa shape index (κ1) is 20.4. The maximum Gasteiger partial charge on any atom is 0.332 e. The Hall–Kier alpha value is -4.29. The monoisotopic (exact) mass is 416 g/mol. The van der Waals surface area contributed by atoms with Crippen molar-refractivity contribution in [3.63, 3.8) is 0 Å². The van der Waals surface area contributed by atoms with Gasteiger partial charge in [-0.2, -0.15) is 0 Å². The number of nitro groups is 1. The van der Waals surface area contributed by atoms with Crippen LogP contribution < -0.4 is 16.6 Å². The number of nitrogens with one attached hydrogen (secondary N) is 1. The molecule has 1 N–H and O–H groups in total. The first-order valence-electron chi connectivity index (χ1n) is 8.50. The normalized spacial score (nSPS) is 10.7. The van der Waals surface area contributed by atoms with Crippen LogP contribution in [0.5, 0.6) is 0 Å². The first-order chi connectivity index (χ1) is 14.2. The Balaban J connectivity index is 1.66. The van der Waals surface area contributed by atoms with Crippen LogP contribution in [0.1, 0.15) is 0 Å². The summed E-state index contributed by atoms with van der Waals surface area (Å²) in [5.74, 6) is -1.52. The van der Waals surface area contributed by atoms with Crippen LogP contribution >= 0.6 is 0 Å². The third kappa shape index (κ3) is 3.94. The van der Waals surface area contributed by atoms with Gasteiger partial charge < -0.3 is 14.6 Å². The molecule has 0 atom stereocenters. The second kappa shape index (κ2) is 7.98. The van der Waals surface area contributed by atoms with Crippen LogP contribution in [-0.2, 0) is 35.0 Å². The Kier molecular flexibility index (Phi) is 5.44. The van der Waals surface area contributed by atoms with Crippen LogP contribution in [0.15, 0.2) is 40.2 Å². The molecule has 1 aromatic carbocycles. The first-order valence-corrected chi connectivity index (χ1v) is 8.50. The fourth-order valence-electron chi connectivity index (χ4n) is 2.74. The summed E-state index contributed by atoms with van der Waals surface area (Å²) in [6.45, 7) is -1.04. The van der Waals surface area contributed by atoms with Gasteiger partial charge in [0.25, 0.3) is 17.2 Å². The van der Waals surface area contributed by atoms with Gasteiger partial charge in [0.1, 0.15) is 6.54 Å². The van der Waals surface area contributed by atoms with Gasteiger partial charge in [-0.25, -0.2) is 9.78 Å². The zero-order valence-electron chi connectivity index (χ0n) is 15.9. The Morgan fingerprint density at radius 3 is 2.67 bits per heavy atom. The lowest BCUT2D eigenvalue weighted by molar-refractivity contribution is -0.384. The number of nitrogens with zero attached hydrogens (tertiary/aromatic N) is 5. The molecule has 3 rings (SSSR count). The minimum absolute atomic E-state index is 0.0394. The van der Waals surface area contributed by atoms with Gasteiger partial charge >= 0.3 is 11.7 Å². The van der Waals surface area contributed by atoms with Crippen molar-refractivity contribution >= 4 is 34.4 Å². The van der Waals surface area contributed by atoms with E-state index in [4.69, 9.17) is 4.74 Å². The van der Waals surface area contributed by atoms with Crippen LogP contribution in [0.25, 0.3) is 11.2 Å². The molecular formula is C17H16N6O7. The molecule has 0 radical (unpaired) electrons. The second-order valence-electron chi connectivity index (χ2n) is 6.27. The number of carbonyl (C=O) groups excluding carboxylic acids is 2. The van der Waals surface area contributed by atoms with E-state index in [1.165, 1.54) is 47.8 Å². The number of benzene rings is 1. The molecular weight excluding hydrogens is 400 g/mol. The highest BCUT2D eigenvalue weighted by Gasteiger charge is 2.17. The predicted octanol–water partition coefficient (Wildman–Crippen LogP) is -0.476. The van der Waals surface area contributed by atoms with Gasteiger partial charge in [0.2, 0.25) is 0 Å². The zero-order valence-corrected chi connectivity index (χ0v) is 15.9. The molecule has 0 aliphatic rings. The molecule has 156 valence electrons. The number of aromatic nitrogens is 4. The Labute approximate surface area is 167 Å². The van der Waals surface area contributed by atoms with E-state index < -0.39 is 41.2 Å². The van der Waals surface area contributed by atoms with Crippen molar-refractivity contribution in [3.8, 4) is 0 Å². The summed E-state index contributed by atoms with van der Waals surface area (Å²) in [5, 5.41) is 13.1. The van der Waals surface area contributed by atoms with Gasteiger partial charge in [0.05, 0.1) is 11.3 Å². The fourth-order valence-corrected chi connectivity index (χ4v) is 2.74. The summed E-state index contributed by atoms with van der Waals surface area (Å²) in [6.07, 6.45) is 1.22. The number of fused-ring (bicyclic) bond motifs is 1. The van der Waals surface area contributed by atoms with Crippen molar-refractivity contribution in [3.05, 3.63) is 61.5 Å². The highest BCUT2D eigenvalue weighted by atomic mass is 16.6. The molecule has 3 aromatic rings. The van der Waals surface area contributed by atoms with Crippen LogP contribution in [0, 0.1) is 10.1 Å². The minimum Gasteiger partial charge on any atom is -0.454 e. The van der Waals surface area contributed by atoms with E-state index >= 15 is 0 Å². The Morgan fingerprint density at radius 2 is 1.97 bits per heavy atom. The molecule has 0 saturated carbocycles. The number of hydrogen-bond acceptors (Lipinski definition) is 8. The molecule has 2 aromatic heterocycles. The lowest BCUT2D eigenvalue weighted by Crippen LogP contribution is -2.37. The van der Waals surface area contributed by atoms with Crippen molar-refractivity contribution in [2.75, 3.05) is 11.9 Å². The Bertz CT molecular complexity index is 1290. The molecule has 30 heavy (non-hydrogen) atoms. The molecule has 0 unspecified atom stereocenters. The lowest BCUT2D eigenvalue weighted by Gasteiger charge is -2.08. The van der Waals surface area contributed by atoms with Gasteiger partial charge in [-0.15, -0.1) is 0 Å². The highest BCUT2D eigenvalue weighted by molar-refractivity contribution is 5.93. The van der Waals surface area contributed by atoms with Crippen molar-refractivity contribution in [2.24, 2.45) is 14.1 Å². The van der Waals surface area contributed by atoms with E-state index in [0.29, 0.717) is 0 Å². The summed E-state index contributed by atoms with van der Waals surface area (Å²) in [7, 11) is 2.75. The number of carbonyl (C=O) groups is 2. The van der Waals surface area contributed by atoms with Gasteiger partial charge in [0.15, 0.2) is 17.8 Å². The average molecular weight is 416 g/mol. The molecule has 13 heteroatoms. The molecule has 0 spiro atoms. The topological polar surface area (TPSA) is 160 Å². The number of nitro benzene ring substituents is 1. The van der Waals surface area contributed by atoms with Crippen LogP contribution in [0.2, 0.25) is 0 Å². The fraction of sp³-hybridized carbons (Fsp3) is 0.235. The molecule has 2 heterocycles. The van der Waals surface area contributed by atoms with Crippen LogP contribution in [0.4, 0.5) is 11.4 Å². The smallest absolute Gasteiger partial charge is 0.332 e.